The van der Waals surface area contributed by atoms with Crippen LogP contribution in [0.25, 0.3) is 0 Å². The van der Waals surface area contributed by atoms with Gasteiger partial charge in [0.1, 0.15) is 6.04 Å². The molecule has 2 fully saturated rings. The molecular weight excluding hydrogens is 326 g/mol. The van der Waals surface area contributed by atoms with Crippen molar-refractivity contribution in [1.82, 2.24) is 9.47 Å². The molecule has 1 saturated carbocycles. The molecule has 1 atom stereocenters. The van der Waals surface area contributed by atoms with Crippen molar-refractivity contribution in [1.29, 1.82) is 0 Å². The lowest BCUT2D eigenvalue weighted by Gasteiger charge is -2.45. The van der Waals surface area contributed by atoms with Gasteiger partial charge in [0.25, 0.3) is 0 Å². The molecule has 1 saturated heterocycles. The van der Waals surface area contributed by atoms with Crippen molar-refractivity contribution in [3.8, 4) is 0 Å². The SMILES string of the molecule is CC(C)(C)C1CCC(CC(=O)N2CCC[C@@H]2C(N)=O)(n2cccc2)CC1. The first-order chi connectivity index (χ1) is 12.2. The summed E-state index contributed by atoms with van der Waals surface area (Å²) in [6.45, 7) is 7.59. The smallest absolute Gasteiger partial charge is 0.240 e. The molecule has 0 spiro atoms. The number of primary amides is 1. The van der Waals surface area contributed by atoms with Gasteiger partial charge in [-0.15, -0.1) is 0 Å². The van der Waals surface area contributed by atoms with E-state index in [0.717, 1.165) is 32.1 Å². The molecule has 2 amide bonds. The van der Waals surface area contributed by atoms with Gasteiger partial charge in [-0.25, -0.2) is 0 Å². The van der Waals surface area contributed by atoms with E-state index in [2.05, 4.69) is 37.7 Å². The van der Waals surface area contributed by atoms with Crippen LogP contribution >= 0.6 is 0 Å². The van der Waals surface area contributed by atoms with Crippen LogP contribution < -0.4 is 5.73 Å². The Morgan fingerprint density at radius 2 is 1.73 bits per heavy atom. The summed E-state index contributed by atoms with van der Waals surface area (Å²) in [6.07, 6.45) is 10.5. The summed E-state index contributed by atoms with van der Waals surface area (Å²) in [7, 11) is 0. The van der Waals surface area contributed by atoms with Crippen LogP contribution in [0.5, 0.6) is 0 Å². The van der Waals surface area contributed by atoms with Crippen molar-refractivity contribution >= 4 is 11.8 Å². The highest BCUT2D eigenvalue weighted by Gasteiger charge is 2.43. The van der Waals surface area contributed by atoms with E-state index < -0.39 is 6.04 Å². The molecule has 5 heteroatoms. The predicted molar refractivity (Wildman–Crippen MR) is 102 cm³/mol. The number of nitrogens with zero attached hydrogens (tertiary/aromatic N) is 2. The van der Waals surface area contributed by atoms with Crippen molar-refractivity contribution in [3.05, 3.63) is 24.5 Å². The third-order valence-electron chi connectivity index (χ3n) is 6.68. The van der Waals surface area contributed by atoms with E-state index in [4.69, 9.17) is 5.73 Å². The van der Waals surface area contributed by atoms with Gasteiger partial charge in [0.2, 0.25) is 11.8 Å². The standard InChI is InChI=1S/C21H33N3O2/c1-20(2,3)16-8-10-21(11-9-16,23-12-4-5-13-23)15-18(25)24-14-6-7-17(24)19(22)26/h4-5,12-13,16-17H,6-11,14-15H2,1-3H3,(H2,22,26)/t16?,17-,21?/m1/s1. The number of aromatic nitrogens is 1. The average Bonchev–Trinajstić information content (AvgIpc) is 3.26. The van der Waals surface area contributed by atoms with Gasteiger partial charge in [-0.1, -0.05) is 20.8 Å². The monoisotopic (exact) mass is 359 g/mol. The first kappa shape index (κ1) is 19.0. The van der Waals surface area contributed by atoms with Crippen LogP contribution in [-0.2, 0) is 15.1 Å². The summed E-state index contributed by atoms with van der Waals surface area (Å²) in [5.74, 6) is 0.392. The highest BCUT2D eigenvalue weighted by molar-refractivity contribution is 5.87. The molecule has 1 aromatic rings. The lowest BCUT2D eigenvalue weighted by atomic mass is 9.66. The third-order valence-corrected chi connectivity index (χ3v) is 6.68. The largest absolute Gasteiger partial charge is 0.368 e. The van der Waals surface area contributed by atoms with Crippen LogP contribution in [-0.4, -0.2) is 33.9 Å². The quantitative estimate of drug-likeness (QED) is 0.896. The summed E-state index contributed by atoms with van der Waals surface area (Å²) in [6, 6.07) is 3.64. The fourth-order valence-electron chi connectivity index (χ4n) is 4.94. The first-order valence-electron chi connectivity index (χ1n) is 9.95. The molecular formula is C21H33N3O2. The number of likely N-dealkylation sites (tertiary alicyclic amines) is 1. The van der Waals surface area contributed by atoms with Crippen LogP contribution in [0.3, 0.4) is 0 Å². The minimum absolute atomic E-state index is 0.0780. The van der Waals surface area contributed by atoms with Crippen molar-refractivity contribution in [2.45, 2.75) is 77.3 Å². The topological polar surface area (TPSA) is 68.3 Å². The summed E-state index contributed by atoms with van der Waals surface area (Å²) in [5.41, 5.74) is 5.65. The fourth-order valence-corrected chi connectivity index (χ4v) is 4.94. The van der Waals surface area contributed by atoms with Gasteiger partial charge in [-0.05, 0) is 62.0 Å². The van der Waals surface area contributed by atoms with Crippen molar-refractivity contribution in [3.63, 3.8) is 0 Å². The van der Waals surface area contributed by atoms with Crippen LogP contribution in [0, 0.1) is 11.3 Å². The summed E-state index contributed by atoms with van der Waals surface area (Å²) in [5, 5.41) is 0. The Kier molecular flexibility index (Phi) is 5.18. The zero-order valence-electron chi connectivity index (χ0n) is 16.4. The fraction of sp³-hybridized carbons (Fsp3) is 0.714. The Morgan fingerprint density at radius 3 is 2.27 bits per heavy atom. The number of rotatable bonds is 4. The van der Waals surface area contributed by atoms with Gasteiger partial charge in [-0.2, -0.15) is 0 Å². The maximum atomic E-state index is 13.1. The van der Waals surface area contributed by atoms with E-state index in [0.29, 0.717) is 30.7 Å². The zero-order valence-corrected chi connectivity index (χ0v) is 16.4. The molecule has 1 aliphatic heterocycles. The van der Waals surface area contributed by atoms with E-state index in [-0.39, 0.29) is 17.4 Å². The van der Waals surface area contributed by atoms with E-state index in [9.17, 15) is 9.59 Å². The molecule has 3 rings (SSSR count). The number of carbonyl (C=O) groups is 2. The maximum Gasteiger partial charge on any atom is 0.240 e. The van der Waals surface area contributed by atoms with Crippen LogP contribution in [0.15, 0.2) is 24.5 Å². The number of nitrogens with two attached hydrogens (primary N) is 1. The van der Waals surface area contributed by atoms with Gasteiger partial charge < -0.3 is 15.2 Å². The molecule has 2 N–H and O–H groups in total. The van der Waals surface area contributed by atoms with E-state index in [1.165, 1.54) is 0 Å². The molecule has 2 heterocycles. The molecule has 1 aromatic heterocycles. The molecule has 0 bridgehead atoms. The van der Waals surface area contributed by atoms with Gasteiger partial charge >= 0.3 is 0 Å². The lowest BCUT2D eigenvalue weighted by Crippen LogP contribution is -2.48. The Balaban J connectivity index is 1.78. The summed E-state index contributed by atoms with van der Waals surface area (Å²) < 4.78 is 2.24. The van der Waals surface area contributed by atoms with Crippen molar-refractivity contribution in [2.75, 3.05) is 6.54 Å². The number of hydrogen-bond acceptors (Lipinski definition) is 2. The Bertz CT molecular complexity index is 637. The Morgan fingerprint density at radius 1 is 1.12 bits per heavy atom. The molecule has 2 aliphatic rings. The summed E-state index contributed by atoms with van der Waals surface area (Å²) in [4.78, 5) is 26.5. The molecule has 0 radical (unpaired) electrons. The molecule has 26 heavy (non-hydrogen) atoms. The van der Waals surface area contributed by atoms with Gasteiger partial charge in [0.05, 0.1) is 12.0 Å². The van der Waals surface area contributed by atoms with Crippen molar-refractivity contribution in [2.24, 2.45) is 17.1 Å². The molecule has 0 aromatic carbocycles. The second-order valence-electron chi connectivity index (χ2n) is 9.28. The minimum atomic E-state index is -0.421. The normalized spacial score (nSPS) is 29.7. The second kappa shape index (κ2) is 7.09. The van der Waals surface area contributed by atoms with Gasteiger partial charge in [0, 0.05) is 18.9 Å². The number of amides is 2. The first-order valence-corrected chi connectivity index (χ1v) is 9.95. The van der Waals surface area contributed by atoms with E-state index in [1.807, 2.05) is 12.1 Å². The predicted octanol–water partition coefficient (Wildman–Crippen LogP) is 3.29. The number of carbonyl (C=O) groups excluding carboxylic acids is 2. The van der Waals surface area contributed by atoms with Crippen LogP contribution in [0.4, 0.5) is 0 Å². The lowest BCUT2D eigenvalue weighted by molar-refractivity contribution is -0.139. The zero-order chi connectivity index (χ0) is 18.9. The Hall–Kier alpha value is -1.78. The Labute approximate surface area is 156 Å². The van der Waals surface area contributed by atoms with E-state index >= 15 is 0 Å². The second-order valence-corrected chi connectivity index (χ2v) is 9.28. The minimum Gasteiger partial charge on any atom is -0.368 e. The van der Waals surface area contributed by atoms with E-state index in [1.54, 1.807) is 4.90 Å². The molecule has 1 aliphatic carbocycles. The summed E-state index contributed by atoms with van der Waals surface area (Å²) >= 11 is 0. The van der Waals surface area contributed by atoms with Gasteiger partial charge in [0.15, 0.2) is 0 Å². The van der Waals surface area contributed by atoms with Crippen molar-refractivity contribution < 1.29 is 9.59 Å². The molecule has 5 nitrogen and oxygen atoms in total. The van der Waals surface area contributed by atoms with Crippen LogP contribution in [0.1, 0.15) is 65.7 Å². The number of hydrogen-bond donors (Lipinski definition) is 1. The highest BCUT2D eigenvalue weighted by atomic mass is 16.2. The average molecular weight is 360 g/mol. The highest BCUT2D eigenvalue weighted by Crippen LogP contribution is 2.46. The maximum absolute atomic E-state index is 13.1. The third kappa shape index (κ3) is 3.67. The van der Waals surface area contributed by atoms with Gasteiger partial charge in [-0.3, -0.25) is 9.59 Å². The molecule has 0 unspecified atom stereocenters. The molecule has 144 valence electrons. The van der Waals surface area contributed by atoms with Crippen LogP contribution in [0.2, 0.25) is 0 Å².